The van der Waals surface area contributed by atoms with E-state index in [-0.39, 0.29) is 11.7 Å². The molecular weight excluding hydrogens is 460 g/mol. The highest BCUT2D eigenvalue weighted by Crippen LogP contribution is 2.34. The van der Waals surface area contributed by atoms with Crippen LogP contribution in [-0.2, 0) is 12.6 Å². The van der Waals surface area contributed by atoms with Crippen molar-refractivity contribution < 1.29 is 14.6 Å². The normalized spacial score (nSPS) is 11.9. The van der Waals surface area contributed by atoms with E-state index in [1.807, 2.05) is 31.2 Å². The molecule has 0 bridgehead atoms. The molecule has 10 heteroatoms. The molecule has 0 saturated heterocycles. The van der Waals surface area contributed by atoms with Crippen molar-refractivity contribution in [2.24, 2.45) is 7.05 Å². The molecule has 4 aromatic heterocycles. The zero-order valence-electron chi connectivity index (χ0n) is 20.9. The van der Waals surface area contributed by atoms with E-state index in [4.69, 9.17) is 9.47 Å². The fourth-order valence-electron chi connectivity index (χ4n) is 4.32. The van der Waals surface area contributed by atoms with Gasteiger partial charge in [0.15, 0.2) is 0 Å². The maximum atomic E-state index is 13.5. The number of pyridine rings is 2. The van der Waals surface area contributed by atoms with Gasteiger partial charge in [-0.2, -0.15) is 4.98 Å². The number of nitrogens with zero attached hydrogens (tertiary/aromatic N) is 6. The topological polar surface area (TPSA) is 117 Å². The molecular formula is C26H26N6O4. The van der Waals surface area contributed by atoms with Crippen molar-refractivity contribution in [3.63, 3.8) is 0 Å². The molecule has 4 heterocycles. The Kier molecular flexibility index (Phi) is 5.48. The number of imidazole rings is 1. The van der Waals surface area contributed by atoms with Crippen molar-refractivity contribution in [1.29, 1.82) is 0 Å². The van der Waals surface area contributed by atoms with Gasteiger partial charge in [0.05, 0.1) is 59.6 Å². The van der Waals surface area contributed by atoms with E-state index >= 15 is 0 Å². The minimum atomic E-state index is -1.10. The average molecular weight is 487 g/mol. The monoisotopic (exact) mass is 486 g/mol. The summed E-state index contributed by atoms with van der Waals surface area (Å²) < 4.78 is 13.8. The molecule has 1 N–H and O–H groups in total. The Morgan fingerprint density at radius 2 is 1.78 bits per heavy atom. The van der Waals surface area contributed by atoms with Crippen LogP contribution in [0.25, 0.3) is 38.8 Å². The Balaban J connectivity index is 1.81. The summed E-state index contributed by atoms with van der Waals surface area (Å²) in [5, 5.41) is 11.2. The molecule has 5 aromatic rings. The van der Waals surface area contributed by atoms with Crippen molar-refractivity contribution in [1.82, 2.24) is 29.1 Å². The van der Waals surface area contributed by atoms with Crippen LogP contribution in [0, 0.1) is 6.92 Å². The molecule has 0 aliphatic heterocycles. The highest BCUT2D eigenvalue weighted by Gasteiger charge is 2.22. The predicted octanol–water partition coefficient (Wildman–Crippen LogP) is 3.28. The lowest BCUT2D eigenvalue weighted by Crippen LogP contribution is -2.23. The number of hydrogen-bond donors (Lipinski definition) is 1. The van der Waals surface area contributed by atoms with Crippen LogP contribution in [0.1, 0.15) is 25.2 Å². The summed E-state index contributed by atoms with van der Waals surface area (Å²) in [4.78, 5) is 31.2. The highest BCUT2D eigenvalue weighted by molar-refractivity contribution is 6.04. The van der Waals surface area contributed by atoms with Crippen LogP contribution in [0.2, 0.25) is 0 Å². The number of aliphatic hydroxyl groups is 1. The predicted molar refractivity (Wildman–Crippen MR) is 136 cm³/mol. The number of fused-ring (bicyclic) bond motifs is 3. The Morgan fingerprint density at radius 1 is 1.00 bits per heavy atom. The smallest absolute Gasteiger partial charge is 0.333 e. The van der Waals surface area contributed by atoms with E-state index in [2.05, 4.69) is 19.9 Å². The molecule has 0 unspecified atom stereocenters. The van der Waals surface area contributed by atoms with Gasteiger partial charge in [-0.1, -0.05) is 6.07 Å². The third-order valence-corrected chi connectivity index (χ3v) is 6.23. The third-order valence-electron chi connectivity index (χ3n) is 6.23. The summed E-state index contributed by atoms with van der Waals surface area (Å²) >= 11 is 0. The maximum Gasteiger partial charge on any atom is 0.333 e. The second-order valence-electron chi connectivity index (χ2n) is 9.04. The number of ether oxygens (including phenoxy) is 2. The number of aryl methyl sites for hydroxylation is 2. The second-order valence-corrected chi connectivity index (χ2v) is 9.04. The van der Waals surface area contributed by atoms with Crippen LogP contribution in [0.5, 0.6) is 11.9 Å². The molecule has 0 radical (unpaired) electrons. The van der Waals surface area contributed by atoms with Gasteiger partial charge in [-0.3, -0.25) is 19.1 Å². The third kappa shape index (κ3) is 3.66. The molecule has 0 spiro atoms. The zero-order valence-corrected chi connectivity index (χ0v) is 20.9. The van der Waals surface area contributed by atoms with Crippen LogP contribution in [-0.4, -0.2) is 48.4 Å². The molecule has 0 atom stereocenters. The number of rotatable bonds is 5. The second kappa shape index (κ2) is 8.42. The molecule has 1 aromatic carbocycles. The summed E-state index contributed by atoms with van der Waals surface area (Å²) in [6, 6.07) is 9.50. The maximum absolute atomic E-state index is 13.5. The molecule has 10 nitrogen and oxygen atoms in total. The number of aromatic nitrogens is 6. The van der Waals surface area contributed by atoms with Gasteiger partial charge in [0, 0.05) is 18.6 Å². The van der Waals surface area contributed by atoms with Crippen molar-refractivity contribution in [3.05, 3.63) is 64.6 Å². The van der Waals surface area contributed by atoms with Gasteiger partial charge in [-0.05, 0) is 50.6 Å². The van der Waals surface area contributed by atoms with Crippen molar-refractivity contribution in [3.8, 4) is 28.7 Å². The average Bonchev–Trinajstić information content (AvgIpc) is 3.12. The van der Waals surface area contributed by atoms with Gasteiger partial charge in [0.25, 0.3) is 0 Å². The summed E-state index contributed by atoms with van der Waals surface area (Å²) in [5.41, 5.74) is 4.01. The summed E-state index contributed by atoms with van der Waals surface area (Å²) in [6.07, 6.45) is 3.33. The Hall–Kier alpha value is -4.31. The lowest BCUT2D eigenvalue weighted by atomic mass is 10.0. The van der Waals surface area contributed by atoms with E-state index < -0.39 is 5.60 Å². The Bertz CT molecular complexity index is 1700. The van der Waals surface area contributed by atoms with Crippen molar-refractivity contribution in [2.75, 3.05) is 14.2 Å². The first-order valence-corrected chi connectivity index (χ1v) is 11.3. The van der Waals surface area contributed by atoms with E-state index in [0.717, 1.165) is 16.5 Å². The van der Waals surface area contributed by atoms with E-state index in [0.29, 0.717) is 39.6 Å². The summed E-state index contributed by atoms with van der Waals surface area (Å²) in [7, 11) is 4.74. The largest absolute Gasteiger partial charge is 0.480 e. The van der Waals surface area contributed by atoms with Gasteiger partial charge < -0.3 is 14.6 Å². The number of benzene rings is 1. The quantitative estimate of drug-likeness (QED) is 0.402. The van der Waals surface area contributed by atoms with Crippen LogP contribution in [0.15, 0.2) is 47.5 Å². The van der Waals surface area contributed by atoms with Crippen LogP contribution < -0.4 is 15.2 Å². The fraction of sp³-hybridized carbons (Fsp3) is 0.269. The molecule has 0 amide bonds. The van der Waals surface area contributed by atoms with Gasteiger partial charge in [0.1, 0.15) is 5.60 Å². The number of methoxy groups -OCH3 is 2. The van der Waals surface area contributed by atoms with Crippen LogP contribution >= 0.6 is 0 Å². The molecule has 36 heavy (non-hydrogen) atoms. The molecule has 0 fully saturated rings. The molecule has 5 rings (SSSR count). The van der Waals surface area contributed by atoms with E-state index in [1.54, 1.807) is 48.5 Å². The molecule has 0 saturated carbocycles. The first-order chi connectivity index (χ1) is 17.1. The molecule has 0 aliphatic rings. The van der Waals surface area contributed by atoms with Gasteiger partial charge in [0.2, 0.25) is 5.88 Å². The minimum absolute atomic E-state index is 0.204. The molecule has 0 aliphatic carbocycles. The Morgan fingerprint density at radius 3 is 2.44 bits per heavy atom. The first kappa shape index (κ1) is 23.4. The summed E-state index contributed by atoms with van der Waals surface area (Å²) in [5.74, 6) is 0.369. The number of hydrogen-bond acceptors (Lipinski definition) is 8. The van der Waals surface area contributed by atoms with Gasteiger partial charge in [-0.25, -0.2) is 9.78 Å². The van der Waals surface area contributed by atoms with Crippen LogP contribution in [0.3, 0.4) is 0 Å². The fourth-order valence-corrected chi connectivity index (χ4v) is 4.32. The van der Waals surface area contributed by atoms with Crippen LogP contribution in [0.4, 0.5) is 0 Å². The lowest BCUT2D eigenvalue weighted by molar-refractivity contribution is 0.0737. The zero-order chi connectivity index (χ0) is 25.8. The SMILES string of the molecule is COc1ncc(-c2ccc3ncc4c(c3c2)n(-c2ccc(C(C)(C)O)nc2C)c(=O)n4C)c(OC)n1. The highest BCUT2D eigenvalue weighted by atomic mass is 16.5. The summed E-state index contributed by atoms with van der Waals surface area (Å²) in [6.45, 7) is 5.18. The minimum Gasteiger partial charge on any atom is -0.480 e. The van der Waals surface area contributed by atoms with Gasteiger partial charge >= 0.3 is 11.7 Å². The standard InChI is InChI=1S/C26H26N6O4/c1-14-19(9-10-21(29-14)26(2,3)34)32-22-16-11-15(17-12-28-24(36-6)30-23(17)35-5)7-8-18(16)27-13-20(22)31(4)25(32)33/h7-13,34H,1-6H3. The Labute approximate surface area is 206 Å². The van der Waals surface area contributed by atoms with E-state index in [1.165, 1.54) is 14.2 Å². The van der Waals surface area contributed by atoms with Crippen molar-refractivity contribution >= 4 is 21.9 Å². The first-order valence-electron chi connectivity index (χ1n) is 11.3. The van der Waals surface area contributed by atoms with E-state index in [9.17, 15) is 9.90 Å². The molecule has 184 valence electrons. The lowest BCUT2D eigenvalue weighted by Gasteiger charge is -2.18. The van der Waals surface area contributed by atoms with Gasteiger partial charge in [-0.15, -0.1) is 0 Å². The van der Waals surface area contributed by atoms with Crippen molar-refractivity contribution in [2.45, 2.75) is 26.4 Å².